The van der Waals surface area contributed by atoms with Crippen LogP contribution in [0.15, 0.2) is 72.3 Å². The van der Waals surface area contributed by atoms with Gasteiger partial charge in [0.15, 0.2) is 5.13 Å². The molecule has 1 amide bonds. The van der Waals surface area contributed by atoms with Gasteiger partial charge >= 0.3 is 5.91 Å². The summed E-state index contributed by atoms with van der Waals surface area (Å²) in [6.45, 7) is 2.07. The van der Waals surface area contributed by atoms with Crippen LogP contribution < -0.4 is 14.4 Å². The molecule has 5 rings (SSSR count). The zero-order valence-corrected chi connectivity index (χ0v) is 20.8. The van der Waals surface area contributed by atoms with Gasteiger partial charge in [0.25, 0.3) is 5.78 Å². The predicted octanol–water partition coefficient (Wildman–Crippen LogP) is 5.50. The fourth-order valence-electron chi connectivity index (χ4n) is 4.34. The molecule has 1 atom stereocenters. The highest BCUT2D eigenvalue weighted by Crippen LogP contribution is 2.45. The first-order valence-corrected chi connectivity index (χ1v) is 12.3. The van der Waals surface area contributed by atoms with E-state index < -0.39 is 17.7 Å². The number of benzene rings is 3. The van der Waals surface area contributed by atoms with Gasteiger partial charge in [0.1, 0.15) is 17.3 Å². The normalized spacial score (nSPS) is 17.1. The van der Waals surface area contributed by atoms with Crippen molar-refractivity contribution in [2.24, 2.45) is 0 Å². The van der Waals surface area contributed by atoms with Crippen LogP contribution in [0.3, 0.4) is 0 Å². The van der Waals surface area contributed by atoms with Gasteiger partial charge in [0, 0.05) is 5.56 Å². The summed E-state index contributed by atoms with van der Waals surface area (Å²) in [5.74, 6) is -0.602. The van der Waals surface area contributed by atoms with Crippen LogP contribution in [-0.4, -0.2) is 36.0 Å². The van der Waals surface area contributed by atoms with E-state index in [2.05, 4.69) is 11.9 Å². The van der Waals surface area contributed by atoms with Crippen LogP contribution in [0.2, 0.25) is 0 Å². The van der Waals surface area contributed by atoms with Gasteiger partial charge in [-0.3, -0.25) is 14.5 Å². The van der Waals surface area contributed by atoms with E-state index in [1.165, 1.54) is 16.2 Å². The number of anilines is 1. The number of nitrogens with zero attached hydrogens (tertiary/aromatic N) is 2. The fraction of sp³-hybridized carbons (Fsp3) is 0.179. The number of fused-ring (bicyclic) bond motifs is 1. The SMILES string of the molecule is CCc1ccc2nc(N3C(=O)C(=O)/C(=C(/O)c4ccc(OC)cc4)C3c3cccc(OC)c3)sc2c1. The Bertz CT molecular complexity index is 1510. The molecule has 0 bridgehead atoms. The molecule has 0 aliphatic carbocycles. The Hall–Kier alpha value is -4.17. The number of hydrogen-bond donors (Lipinski definition) is 1. The Kier molecular flexibility index (Phi) is 6.20. The largest absolute Gasteiger partial charge is 0.507 e. The van der Waals surface area contributed by atoms with E-state index in [1.807, 2.05) is 18.2 Å². The number of hydrogen-bond acceptors (Lipinski definition) is 7. The molecular formula is C28H24N2O5S. The lowest BCUT2D eigenvalue weighted by Gasteiger charge is -2.23. The smallest absolute Gasteiger partial charge is 0.301 e. The van der Waals surface area contributed by atoms with Gasteiger partial charge in [-0.2, -0.15) is 0 Å². The highest BCUT2D eigenvalue weighted by atomic mass is 32.1. The Labute approximate surface area is 212 Å². The maximum absolute atomic E-state index is 13.4. The summed E-state index contributed by atoms with van der Waals surface area (Å²) < 4.78 is 11.5. The van der Waals surface area contributed by atoms with Gasteiger partial charge in [-0.1, -0.05) is 36.5 Å². The van der Waals surface area contributed by atoms with Crippen molar-refractivity contribution in [2.45, 2.75) is 19.4 Å². The minimum absolute atomic E-state index is 0.00748. The molecule has 36 heavy (non-hydrogen) atoms. The van der Waals surface area contributed by atoms with E-state index in [9.17, 15) is 14.7 Å². The van der Waals surface area contributed by atoms with Gasteiger partial charge < -0.3 is 14.6 Å². The molecule has 0 spiro atoms. The fourth-order valence-corrected chi connectivity index (χ4v) is 5.40. The molecule has 0 saturated carbocycles. The second kappa shape index (κ2) is 9.47. The molecule has 0 radical (unpaired) electrons. The molecule has 1 aliphatic heterocycles. The predicted molar refractivity (Wildman–Crippen MR) is 140 cm³/mol. The number of aliphatic hydroxyl groups excluding tert-OH is 1. The molecule has 1 saturated heterocycles. The van der Waals surface area contributed by atoms with Crippen molar-refractivity contribution in [2.75, 3.05) is 19.1 Å². The van der Waals surface area contributed by atoms with E-state index in [-0.39, 0.29) is 11.3 Å². The first-order chi connectivity index (χ1) is 17.4. The quantitative estimate of drug-likeness (QED) is 0.214. The van der Waals surface area contributed by atoms with Crippen LogP contribution in [0.25, 0.3) is 16.0 Å². The summed E-state index contributed by atoms with van der Waals surface area (Å²) in [7, 11) is 3.09. The Morgan fingerprint density at radius 3 is 2.44 bits per heavy atom. The van der Waals surface area contributed by atoms with Crippen LogP contribution in [0.5, 0.6) is 11.5 Å². The molecule has 8 heteroatoms. The topological polar surface area (TPSA) is 89.0 Å². The second-order valence-electron chi connectivity index (χ2n) is 8.33. The average molecular weight is 501 g/mol. The summed E-state index contributed by atoms with van der Waals surface area (Å²) in [5.41, 5.74) is 2.92. The third-order valence-electron chi connectivity index (χ3n) is 6.27. The molecule has 4 aromatic rings. The molecule has 3 aromatic carbocycles. The van der Waals surface area contributed by atoms with Gasteiger partial charge in [-0.25, -0.2) is 4.98 Å². The molecule has 1 aromatic heterocycles. The lowest BCUT2D eigenvalue weighted by Crippen LogP contribution is -2.29. The van der Waals surface area contributed by atoms with Crippen LogP contribution in [0, 0.1) is 0 Å². The van der Waals surface area contributed by atoms with Gasteiger partial charge in [0.2, 0.25) is 0 Å². The number of Topliss-reactive ketones (excluding diaryl/α,β-unsaturated/α-hetero) is 1. The van der Waals surface area contributed by atoms with Crippen molar-refractivity contribution in [1.29, 1.82) is 0 Å². The summed E-state index contributed by atoms with van der Waals surface area (Å²) in [4.78, 5) is 32.9. The number of methoxy groups -OCH3 is 2. The number of ketones is 1. The van der Waals surface area contributed by atoms with Gasteiger partial charge in [0.05, 0.1) is 36.1 Å². The molecule has 7 nitrogen and oxygen atoms in total. The minimum Gasteiger partial charge on any atom is -0.507 e. The van der Waals surface area contributed by atoms with E-state index in [0.29, 0.717) is 27.8 Å². The average Bonchev–Trinajstić information content (AvgIpc) is 3.45. The lowest BCUT2D eigenvalue weighted by molar-refractivity contribution is -0.132. The van der Waals surface area contributed by atoms with Gasteiger partial charge in [-0.15, -0.1) is 0 Å². The Morgan fingerprint density at radius 2 is 1.75 bits per heavy atom. The lowest BCUT2D eigenvalue weighted by atomic mass is 9.95. The molecule has 2 heterocycles. The van der Waals surface area contributed by atoms with Crippen LogP contribution >= 0.6 is 11.3 Å². The number of aliphatic hydroxyl groups is 1. The minimum atomic E-state index is -0.881. The zero-order valence-electron chi connectivity index (χ0n) is 20.0. The number of carbonyl (C=O) groups is 2. The Morgan fingerprint density at radius 1 is 1.00 bits per heavy atom. The molecular weight excluding hydrogens is 476 g/mol. The molecule has 1 fully saturated rings. The molecule has 1 aliphatic rings. The monoisotopic (exact) mass is 500 g/mol. The van der Waals surface area contributed by atoms with E-state index in [4.69, 9.17) is 9.47 Å². The van der Waals surface area contributed by atoms with E-state index in [1.54, 1.807) is 62.8 Å². The number of carbonyl (C=O) groups excluding carboxylic acids is 2. The van der Waals surface area contributed by atoms with Crippen molar-refractivity contribution in [3.8, 4) is 11.5 Å². The van der Waals surface area contributed by atoms with Crippen molar-refractivity contribution < 1.29 is 24.2 Å². The van der Waals surface area contributed by atoms with Crippen molar-refractivity contribution in [3.63, 3.8) is 0 Å². The third-order valence-corrected chi connectivity index (χ3v) is 7.29. The van der Waals surface area contributed by atoms with Crippen molar-refractivity contribution in [1.82, 2.24) is 4.98 Å². The number of aromatic nitrogens is 1. The second-order valence-corrected chi connectivity index (χ2v) is 9.34. The van der Waals surface area contributed by atoms with Crippen LogP contribution in [0.1, 0.15) is 29.7 Å². The summed E-state index contributed by atoms with van der Waals surface area (Å²) in [5, 5.41) is 11.7. The number of ether oxygens (including phenoxy) is 2. The maximum Gasteiger partial charge on any atom is 0.301 e. The molecule has 182 valence electrons. The summed E-state index contributed by atoms with van der Waals surface area (Å²) >= 11 is 1.34. The first-order valence-electron chi connectivity index (χ1n) is 11.4. The molecule has 1 unspecified atom stereocenters. The number of thiazole rings is 1. The first kappa shape index (κ1) is 23.6. The number of aryl methyl sites for hydroxylation is 1. The number of amides is 1. The zero-order chi connectivity index (χ0) is 25.4. The summed E-state index contributed by atoms with van der Waals surface area (Å²) in [6, 6.07) is 18.9. The van der Waals surface area contributed by atoms with Crippen molar-refractivity contribution >= 4 is 44.1 Å². The standard InChI is InChI=1S/C28H24N2O5S/c1-4-16-8-13-21-22(14-16)36-28(29-21)30-24(18-6-5-7-20(15-18)35-3)23(26(32)27(30)33)25(31)17-9-11-19(34-2)12-10-17/h5-15,24,31H,4H2,1-3H3/b25-23+. The van der Waals surface area contributed by atoms with Crippen LogP contribution in [-0.2, 0) is 16.0 Å². The van der Waals surface area contributed by atoms with E-state index >= 15 is 0 Å². The maximum atomic E-state index is 13.4. The Balaban J connectivity index is 1.71. The van der Waals surface area contributed by atoms with Gasteiger partial charge in [-0.05, 0) is 66.1 Å². The number of rotatable bonds is 6. The summed E-state index contributed by atoms with van der Waals surface area (Å²) in [6.07, 6.45) is 0.874. The van der Waals surface area contributed by atoms with E-state index in [0.717, 1.165) is 22.2 Å². The third kappa shape index (κ3) is 3.99. The molecule has 1 N–H and O–H groups in total. The highest BCUT2D eigenvalue weighted by Gasteiger charge is 2.48. The van der Waals surface area contributed by atoms with Crippen molar-refractivity contribution in [3.05, 3.63) is 89.0 Å². The van der Waals surface area contributed by atoms with Crippen LogP contribution in [0.4, 0.5) is 5.13 Å². The highest BCUT2D eigenvalue weighted by molar-refractivity contribution is 7.22.